The summed E-state index contributed by atoms with van der Waals surface area (Å²) in [5.41, 5.74) is 3.32. The molecule has 26 heavy (non-hydrogen) atoms. The molecule has 0 saturated heterocycles. The normalized spacial score (nSPS) is 12.7. The molecule has 6 heteroatoms. The van der Waals surface area contributed by atoms with E-state index in [0.717, 1.165) is 5.56 Å². The molecule has 6 nitrogen and oxygen atoms in total. The van der Waals surface area contributed by atoms with Crippen molar-refractivity contribution in [3.8, 4) is 6.07 Å². The molecule has 1 amide bonds. The summed E-state index contributed by atoms with van der Waals surface area (Å²) in [6, 6.07) is 14.6. The van der Waals surface area contributed by atoms with Crippen LogP contribution in [0.3, 0.4) is 0 Å². The van der Waals surface area contributed by atoms with Crippen molar-refractivity contribution < 1.29 is 19.7 Å². The van der Waals surface area contributed by atoms with E-state index >= 15 is 0 Å². The quantitative estimate of drug-likeness (QED) is 0.740. The van der Waals surface area contributed by atoms with Crippen molar-refractivity contribution in [3.05, 3.63) is 70.3 Å². The van der Waals surface area contributed by atoms with Gasteiger partial charge in [0, 0.05) is 6.54 Å². The number of ether oxygens (including phenoxy) is 1. The number of aryl methyl sites for hydroxylation is 2. The maximum atomic E-state index is 11.7. The summed E-state index contributed by atoms with van der Waals surface area (Å²) in [5, 5.41) is 32.0. The zero-order valence-electron chi connectivity index (χ0n) is 14.8. The largest absolute Gasteiger partial charge is 0.445 e. The number of carbonyl (C=O) groups is 1. The molecule has 0 aromatic heterocycles. The average Bonchev–Trinajstić information content (AvgIpc) is 2.64. The fraction of sp³-hybridized carbons (Fsp3) is 0.300. The number of amides is 1. The monoisotopic (exact) mass is 354 g/mol. The highest BCUT2D eigenvalue weighted by Gasteiger charge is 2.23. The van der Waals surface area contributed by atoms with E-state index in [1.54, 1.807) is 26.0 Å². The van der Waals surface area contributed by atoms with Crippen LogP contribution in [0.2, 0.25) is 0 Å². The molecule has 0 bridgehead atoms. The number of nitrogens with one attached hydrogen (secondary N) is 1. The molecule has 0 heterocycles. The van der Waals surface area contributed by atoms with E-state index in [-0.39, 0.29) is 13.2 Å². The minimum Gasteiger partial charge on any atom is -0.445 e. The molecule has 2 atom stereocenters. The van der Waals surface area contributed by atoms with Crippen LogP contribution in [0.4, 0.5) is 4.79 Å². The zero-order valence-corrected chi connectivity index (χ0v) is 14.8. The van der Waals surface area contributed by atoms with Crippen molar-refractivity contribution in [2.75, 3.05) is 6.54 Å². The van der Waals surface area contributed by atoms with Crippen molar-refractivity contribution in [2.24, 2.45) is 0 Å². The Morgan fingerprint density at radius 2 is 1.81 bits per heavy atom. The van der Waals surface area contributed by atoms with Gasteiger partial charge in [-0.05, 0) is 48.2 Å². The second kappa shape index (κ2) is 8.99. The minimum atomic E-state index is -1.20. The van der Waals surface area contributed by atoms with Crippen molar-refractivity contribution in [3.63, 3.8) is 0 Å². The first-order valence-corrected chi connectivity index (χ1v) is 8.24. The molecular formula is C20H22N2O4. The fourth-order valence-electron chi connectivity index (χ4n) is 2.77. The maximum absolute atomic E-state index is 11.7. The van der Waals surface area contributed by atoms with Gasteiger partial charge in [-0.3, -0.25) is 0 Å². The Kier molecular flexibility index (Phi) is 6.73. The molecule has 0 aliphatic carbocycles. The summed E-state index contributed by atoms with van der Waals surface area (Å²) in [7, 11) is 0. The molecule has 3 N–H and O–H groups in total. The highest BCUT2D eigenvalue weighted by atomic mass is 16.5. The van der Waals surface area contributed by atoms with Gasteiger partial charge in [0.1, 0.15) is 18.8 Å². The Balaban J connectivity index is 1.90. The topological polar surface area (TPSA) is 103 Å². The minimum absolute atomic E-state index is 0.124. The molecule has 0 spiro atoms. The van der Waals surface area contributed by atoms with E-state index < -0.39 is 18.3 Å². The summed E-state index contributed by atoms with van der Waals surface area (Å²) in [4.78, 5) is 11.7. The van der Waals surface area contributed by atoms with Crippen LogP contribution in [0.25, 0.3) is 0 Å². The number of hydrogen-bond donors (Lipinski definition) is 3. The van der Waals surface area contributed by atoms with E-state index in [0.29, 0.717) is 22.3 Å². The predicted molar refractivity (Wildman–Crippen MR) is 96.2 cm³/mol. The Morgan fingerprint density at radius 3 is 2.38 bits per heavy atom. The number of hydrogen-bond acceptors (Lipinski definition) is 5. The second-order valence-corrected chi connectivity index (χ2v) is 6.09. The van der Waals surface area contributed by atoms with Gasteiger partial charge in [-0.15, -0.1) is 0 Å². The number of nitrogens with zero attached hydrogens (tertiary/aromatic N) is 1. The van der Waals surface area contributed by atoms with Crippen LogP contribution in [0.5, 0.6) is 0 Å². The Bertz CT molecular complexity index is 776. The first-order chi connectivity index (χ1) is 12.4. The summed E-state index contributed by atoms with van der Waals surface area (Å²) in [5.74, 6) is 0. The third-order valence-corrected chi connectivity index (χ3v) is 4.05. The maximum Gasteiger partial charge on any atom is 0.407 e. The van der Waals surface area contributed by atoms with Gasteiger partial charge in [-0.1, -0.05) is 30.3 Å². The zero-order chi connectivity index (χ0) is 19.1. The fourth-order valence-corrected chi connectivity index (χ4v) is 2.77. The molecule has 2 rings (SSSR count). The van der Waals surface area contributed by atoms with Gasteiger partial charge in [0.15, 0.2) is 0 Å². The number of benzene rings is 2. The van der Waals surface area contributed by atoms with Crippen molar-refractivity contribution in [1.29, 1.82) is 5.26 Å². The molecule has 0 aliphatic heterocycles. The summed E-state index contributed by atoms with van der Waals surface area (Å²) in [6.45, 7) is 3.49. The summed E-state index contributed by atoms with van der Waals surface area (Å²) in [6.07, 6.45) is -3.06. The first-order valence-electron chi connectivity index (χ1n) is 8.24. The lowest BCUT2D eigenvalue weighted by Gasteiger charge is -2.22. The van der Waals surface area contributed by atoms with Crippen molar-refractivity contribution in [1.82, 2.24) is 5.32 Å². The lowest BCUT2D eigenvalue weighted by atomic mass is 9.93. The molecule has 0 saturated carbocycles. The van der Waals surface area contributed by atoms with Gasteiger partial charge in [-0.2, -0.15) is 5.26 Å². The lowest BCUT2D eigenvalue weighted by Crippen LogP contribution is -2.36. The van der Waals surface area contributed by atoms with Gasteiger partial charge >= 0.3 is 6.09 Å². The van der Waals surface area contributed by atoms with E-state index in [4.69, 9.17) is 10.00 Å². The van der Waals surface area contributed by atoms with Crippen LogP contribution in [-0.2, 0) is 11.3 Å². The molecule has 0 fully saturated rings. The van der Waals surface area contributed by atoms with Crippen molar-refractivity contribution >= 4 is 6.09 Å². The van der Waals surface area contributed by atoms with Gasteiger partial charge in [0.2, 0.25) is 0 Å². The number of aliphatic hydroxyl groups excluding tert-OH is 2. The lowest BCUT2D eigenvalue weighted by molar-refractivity contribution is 0.0177. The number of nitriles is 1. The SMILES string of the molecule is Cc1cc(C#N)cc(C)c1C(O)C(O)CNC(=O)OCc1ccccc1. The van der Waals surface area contributed by atoms with Gasteiger partial charge in [0.05, 0.1) is 11.6 Å². The smallest absolute Gasteiger partial charge is 0.407 e. The van der Waals surface area contributed by atoms with Crippen LogP contribution in [-0.4, -0.2) is 29.0 Å². The highest BCUT2D eigenvalue weighted by molar-refractivity contribution is 5.67. The van der Waals surface area contributed by atoms with Crippen LogP contribution in [0, 0.1) is 25.2 Å². The van der Waals surface area contributed by atoms with Crippen LogP contribution in [0.15, 0.2) is 42.5 Å². The molecule has 2 unspecified atom stereocenters. The molecule has 0 radical (unpaired) electrons. The predicted octanol–water partition coefficient (Wildman–Crippen LogP) is 2.50. The molecule has 2 aromatic rings. The van der Waals surface area contributed by atoms with Crippen LogP contribution >= 0.6 is 0 Å². The Morgan fingerprint density at radius 1 is 1.19 bits per heavy atom. The number of alkyl carbamates (subject to hydrolysis) is 1. The average molecular weight is 354 g/mol. The van der Waals surface area contributed by atoms with Gasteiger partial charge in [0.25, 0.3) is 0 Å². The van der Waals surface area contributed by atoms with Gasteiger partial charge < -0.3 is 20.3 Å². The van der Waals surface area contributed by atoms with E-state index in [2.05, 4.69) is 11.4 Å². The number of rotatable bonds is 6. The number of carbonyl (C=O) groups excluding carboxylic acids is 1. The highest BCUT2D eigenvalue weighted by Crippen LogP contribution is 2.25. The Labute approximate surface area is 152 Å². The Hall–Kier alpha value is -2.88. The third kappa shape index (κ3) is 5.06. The van der Waals surface area contributed by atoms with E-state index in [1.165, 1.54) is 0 Å². The third-order valence-electron chi connectivity index (χ3n) is 4.05. The van der Waals surface area contributed by atoms with Crippen molar-refractivity contribution in [2.45, 2.75) is 32.7 Å². The molecule has 0 aliphatic rings. The van der Waals surface area contributed by atoms with Crippen LogP contribution in [0.1, 0.15) is 33.9 Å². The number of aliphatic hydroxyl groups is 2. The van der Waals surface area contributed by atoms with E-state index in [1.807, 2.05) is 30.3 Å². The molecule has 136 valence electrons. The standard InChI is InChI=1S/C20H22N2O4/c1-13-8-16(10-21)9-14(2)18(13)19(24)17(23)11-22-20(25)26-12-15-6-4-3-5-7-15/h3-9,17,19,23-24H,11-12H2,1-2H3,(H,22,25). The van der Waals surface area contributed by atoms with E-state index in [9.17, 15) is 15.0 Å². The first kappa shape index (κ1) is 19.4. The molecular weight excluding hydrogens is 332 g/mol. The summed E-state index contributed by atoms with van der Waals surface area (Å²) < 4.78 is 5.06. The molecule has 2 aromatic carbocycles. The van der Waals surface area contributed by atoms with Gasteiger partial charge in [-0.25, -0.2) is 4.79 Å². The summed E-state index contributed by atoms with van der Waals surface area (Å²) >= 11 is 0. The van der Waals surface area contributed by atoms with Crippen LogP contribution < -0.4 is 5.32 Å². The second-order valence-electron chi connectivity index (χ2n) is 6.09.